The Bertz CT molecular complexity index is 249. The summed E-state index contributed by atoms with van der Waals surface area (Å²) >= 11 is 6.05. The normalized spacial score (nSPS) is 42.8. The Labute approximate surface area is 76.8 Å². The van der Waals surface area contributed by atoms with E-state index in [4.69, 9.17) is 21.1 Å². The van der Waals surface area contributed by atoms with E-state index >= 15 is 0 Å². The molecule has 0 radical (unpaired) electrons. The monoisotopic (exact) mass is 186 g/mol. The minimum absolute atomic E-state index is 0.667. The third-order valence-electron chi connectivity index (χ3n) is 1.99. The molecule has 1 aliphatic carbocycles. The second-order valence-corrected chi connectivity index (χ2v) is 3.54. The van der Waals surface area contributed by atoms with Gasteiger partial charge in [0.05, 0.1) is 6.61 Å². The van der Waals surface area contributed by atoms with Gasteiger partial charge in [-0.05, 0) is 18.6 Å². The summed E-state index contributed by atoms with van der Waals surface area (Å²) in [5.74, 6) is -0.667. The predicted molar refractivity (Wildman–Crippen MR) is 46.9 cm³/mol. The number of hydrogen-bond donors (Lipinski definition) is 0. The fourth-order valence-corrected chi connectivity index (χ4v) is 1.59. The van der Waals surface area contributed by atoms with Gasteiger partial charge in [-0.3, -0.25) is 0 Å². The molecule has 0 aromatic carbocycles. The van der Waals surface area contributed by atoms with E-state index in [9.17, 15) is 0 Å². The molecule has 1 saturated heterocycles. The standard InChI is InChI=1S/C9H11ClO2/c1-2-7-11-9-6-4-3-5-8(9,10)12-9/h3-6H,2,7H2,1H3. The summed E-state index contributed by atoms with van der Waals surface area (Å²) in [6, 6.07) is 0. The van der Waals surface area contributed by atoms with Crippen LogP contribution in [-0.2, 0) is 9.47 Å². The molecule has 12 heavy (non-hydrogen) atoms. The fourth-order valence-electron chi connectivity index (χ4n) is 1.28. The Kier molecular flexibility index (Phi) is 1.79. The Balaban J connectivity index is 2.06. The summed E-state index contributed by atoms with van der Waals surface area (Å²) < 4.78 is 10.8. The van der Waals surface area contributed by atoms with Gasteiger partial charge < -0.3 is 9.47 Å². The van der Waals surface area contributed by atoms with Gasteiger partial charge in [0.25, 0.3) is 0 Å². The molecule has 0 bridgehead atoms. The Morgan fingerprint density at radius 2 is 2.17 bits per heavy atom. The van der Waals surface area contributed by atoms with Gasteiger partial charge in [0.2, 0.25) is 10.8 Å². The molecule has 3 heteroatoms. The van der Waals surface area contributed by atoms with Crippen molar-refractivity contribution in [1.29, 1.82) is 0 Å². The highest BCUT2D eigenvalue weighted by atomic mass is 35.5. The van der Waals surface area contributed by atoms with Gasteiger partial charge in [0.15, 0.2) is 0 Å². The lowest BCUT2D eigenvalue weighted by molar-refractivity contribution is -0.00776. The Morgan fingerprint density at radius 1 is 1.42 bits per heavy atom. The molecule has 2 rings (SSSR count). The number of allylic oxidation sites excluding steroid dienone is 2. The van der Waals surface area contributed by atoms with Crippen molar-refractivity contribution in [3.8, 4) is 0 Å². The lowest BCUT2D eigenvalue weighted by Gasteiger charge is -2.11. The smallest absolute Gasteiger partial charge is 0.239 e. The number of epoxide rings is 1. The van der Waals surface area contributed by atoms with Crippen molar-refractivity contribution < 1.29 is 9.47 Å². The fraction of sp³-hybridized carbons (Fsp3) is 0.556. The first-order valence-corrected chi connectivity index (χ1v) is 4.50. The van der Waals surface area contributed by atoms with Crippen LogP contribution in [0.5, 0.6) is 0 Å². The zero-order chi connectivity index (χ0) is 8.66. The number of ether oxygens (including phenoxy) is 2. The van der Waals surface area contributed by atoms with Gasteiger partial charge in [-0.2, -0.15) is 0 Å². The number of alkyl halides is 1. The molecule has 0 aromatic rings. The first-order valence-electron chi connectivity index (χ1n) is 4.12. The molecule has 1 aliphatic heterocycles. The Hall–Kier alpha value is -0.310. The molecule has 2 atom stereocenters. The highest BCUT2D eigenvalue weighted by molar-refractivity contribution is 6.27. The maximum Gasteiger partial charge on any atom is 0.239 e. The van der Waals surface area contributed by atoms with E-state index in [0.29, 0.717) is 6.61 Å². The second-order valence-electron chi connectivity index (χ2n) is 2.98. The van der Waals surface area contributed by atoms with Gasteiger partial charge in [0, 0.05) is 0 Å². The number of halogens is 1. The van der Waals surface area contributed by atoms with Crippen LogP contribution in [0.1, 0.15) is 13.3 Å². The summed E-state index contributed by atoms with van der Waals surface area (Å²) in [4.78, 5) is 0. The van der Waals surface area contributed by atoms with Crippen LogP contribution in [0.15, 0.2) is 24.3 Å². The largest absolute Gasteiger partial charge is 0.343 e. The predicted octanol–water partition coefficient (Wildman–Crippen LogP) is 2.20. The summed E-state index contributed by atoms with van der Waals surface area (Å²) in [5.41, 5.74) is 0. The van der Waals surface area contributed by atoms with Crippen molar-refractivity contribution in [2.24, 2.45) is 0 Å². The van der Waals surface area contributed by atoms with Gasteiger partial charge in [-0.15, -0.1) is 0 Å². The molecule has 1 heterocycles. The first kappa shape index (κ1) is 8.30. The minimum atomic E-state index is -0.725. The summed E-state index contributed by atoms with van der Waals surface area (Å²) in [6.45, 7) is 2.73. The lowest BCUT2D eigenvalue weighted by Crippen LogP contribution is -2.23. The summed E-state index contributed by atoms with van der Waals surface area (Å²) in [7, 11) is 0. The van der Waals surface area contributed by atoms with Crippen molar-refractivity contribution in [1.82, 2.24) is 0 Å². The van der Waals surface area contributed by atoms with Crippen LogP contribution >= 0.6 is 11.6 Å². The van der Waals surface area contributed by atoms with Crippen LogP contribution in [0.25, 0.3) is 0 Å². The van der Waals surface area contributed by atoms with E-state index in [1.54, 1.807) is 0 Å². The van der Waals surface area contributed by atoms with Gasteiger partial charge in [0.1, 0.15) is 0 Å². The van der Waals surface area contributed by atoms with Crippen molar-refractivity contribution >= 4 is 11.6 Å². The average Bonchev–Trinajstić information content (AvgIpc) is 2.68. The molecule has 2 aliphatic rings. The van der Waals surface area contributed by atoms with Crippen molar-refractivity contribution in [2.75, 3.05) is 6.61 Å². The summed E-state index contributed by atoms with van der Waals surface area (Å²) in [6.07, 6.45) is 8.40. The van der Waals surface area contributed by atoms with Gasteiger partial charge in [-0.1, -0.05) is 30.7 Å². The molecule has 2 unspecified atom stereocenters. The topological polar surface area (TPSA) is 21.8 Å². The molecular weight excluding hydrogens is 176 g/mol. The van der Waals surface area contributed by atoms with Crippen LogP contribution in [0, 0.1) is 0 Å². The van der Waals surface area contributed by atoms with Gasteiger partial charge in [-0.25, -0.2) is 0 Å². The van der Waals surface area contributed by atoms with Crippen molar-refractivity contribution in [3.05, 3.63) is 24.3 Å². The van der Waals surface area contributed by atoms with E-state index in [2.05, 4.69) is 6.92 Å². The molecule has 0 saturated carbocycles. The molecule has 0 aromatic heterocycles. The maximum atomic E-state index is 6.05. The molecule has 2 nitrogen and oxygen atoms in total. The molecule has 0 N–H and O–H groups in total. The second kappa shape index (κ2) is 2.59. The number of fused-ring (bicyclic) bond motifs is 1. The van der Waals surface area contributed by atoms with Crippen LogP contribution in [0.4, 0.5) is 0 Å². The van der Waals surface area contributed by atoms with E-state index in [0.717, 1.165) is 6.42 Å². The third kappa shape index (κ3) is 1.03. The minimum Gasteiger partial charge on any atom is -0.343 e. The molecule has 1 fully saturated rings. The summed E-state index contributed by atoms with van der Waals surface area (Å²) in [5, 5.41) is -0.725. The highest BCUT2D eigenvalue weighted by Crippen LogP contribution is 2.55. The quantitative estimate of drug-likeness (QED) is 0.498. The number of hydrogen-bond acceptors (Lipinski definition) is 2. The first-order chi connectivity index (χ1) is 5.72. The lowest BCUT2D eigenvalue weighted by atomic mass is 10.1. The average molecular weight is 187 g/mol. The zero-order valence-electron chi connectivity index (χ0n) is 6.92. The van der Waals surface area contributed by atoms with Crippen molar-refractivity contribution in [2.45, 2.75) is 24.2 Å². The van der Waals surface area contributed by atoms with E-state index < -0.39 is 10.8 Å². The van der Waals surface area contributed by atoms with E-state index in [1.165, 1.54) is 0 Å². The zero-order valence-corrected chi connectivity index (χ0v) is 7.67. The Morgan fingerprint density at radius 3 is 2.83 bits per heavy atom. The van der Waals surface area contributed by atoms with E-state index in [1.807, 2.05) is 24.3 Å². The van der Waals surface area contributed by atoms with Crippen LogP contribution < -0.4 is 0 Å². The molecule has 0 spiro atoms. The van der Waals surface area contributed by atoms with Gasteiger partial charge >= 0.3 is 0 Å². The highest BCUT2D eigenvalue weighted by Gasteiger charge is 2.69. The van der Waals surface area contributed by atoms with Crippen LogP contribution in [-0.4, -0.2) is 17.5 Å². The van der Waals surface area contributed by atoms with Crippen molar-refractivity contribution in [3.63, 3.8) is 0 Å². The molecule has 66 valence electrons. The number of rotatable bonds is 3. The van der Waals surface area contributed by atoms with Crippen LogP contribution in [0.2, 0.25) is 0 Å². The van der Waals surface area contributed by atoms with Crippen LogP contribution in [0.3, 0.4) is 0 Å². The maximum absolute atomic E-state index is 6.05. The SMILES string of the molecule is CCCOC12C=CC=CC1(Cl)O2. The third-order valence-corrected chi connectivity index (χ3v) is 2.46. The molecular formula is C9H11ClO2. The molecule has 0 amide bonds. The van der Waals surface area contributed by atoms with E-state index in [-0.39, 0.29) is 0 Å².